The first kappa shape index (κ1) is 11.7. The normalized spacial score (nSPS) is 11.7. The van der Waals surface area contributed by atoms with Gasteiger partial charge < -0.3 is 9.67 Å². The van der Waals surface area contributed by atoms with Crippen LogP contribution >= 0.6 is 11.3 Å². The van der Waals surface area contributed by atoms with E-state index in [-0.39, 0.29) is 6.61 Å². The lowest BCUT2D eigenvalue weighted by Crippen LogP contribution is -2.00. The molecule has 1 aromatic carbocycles. The summed E-state index contributed by atoms with van der Waals surface area (Å²) in [6.45, 7) is 0.772. The number of imidazole rings is 1. The number of thiazole rings is 1. The number of aliphatic hydroxyl groups excluding tert-OH is 1. The maximum atomic E-state index is 9.49. The quantitative estimate of drug-likeness (QED) is 0.628. The van der Waals surface area contributed by atoms with E-state index in [9.17, 15) is 5.11 Å². The molecule has 5 heteroatoms. The first-order valence-electron chi connectivity index (χ1n) is 6.44. The zero-order valence-corrected chi connectivity index (χ0v) is 11.5. The first-order valence-corrected chi connectivity index (χ1v) is 7.32. The molecule has 0 spiro atoms. The Labute approximate surface area is 119 Å². The van der Waals surface area contributed by atoms with E-state index < -0.39 is 0 Å². The van der Waals surface area contributed by atoms with Gasteiger partial charge in [-0.3, -0.25) is 4.40 Å². The molecule has 100 valence electrons. The van der Waals surface area contributed by atoms with Crippen LogP contribution in [0.15, 0.2) is 48.2 Å². The number of nitrogens with zero attached hydrogens (tertiary/aromatic N) is 3. The Balaban J connectivity index is 1.80. The summed E-state index contributed by atoms with van der Waals surface area (Å²) in [6, 6.07) is 8.08. The van der Waals surface area contributed by atoms with E-state index >= 15 is 0 Å². The molecule has 4 nitrogen and oxygen atoms in total. The van der Waals surface area contributed by atoms with Crippen molar-refractivity contribution in [3.05, 3.63) is 59.5 Å². The number of aromatic nitrogens is 3. The van der Waals surface area contributed by atoms with Crippen LogP contribution in [-0.4, -0.2) is 19.1 Å². The van der Waals surface area contributed by atoms with E-state index in [0.717, 1.165) is 33.7 Å². The number of fused-ring (bicyclic) bond motifs is 2. The summed E-state index contributed by atoms with van der Waals surface area (Å²) in [4.78, 5) is 5.62. The molecule has 20 heavy (non-hydrogen) atoms. The molecule has 0 radical (unpaired) electrons. The highest BCUT2D eigenvalue weighted by Crippen LogP contribution is 2.22. The summed E-state index contributed by atoms with van der Waals surface area (Å²) in [5, 5.41) is 12.7. The van der Waals surface area contributed by atoms with Gasteiger partial charge in [-0.2, -0.15) is 0 Å². The standard InChI is InChI=1S/C15H13N3OS/c19-10-12-3-1-2-11-4-5-17(14(11)12)8-13-9-18-6-7-20-15(18)16-13/h1-7,9,19H,8,10H2. The predicted octanol–water partition coefficient (Wildman–Crippen LogP) is 2.89. The molecule has 4 rings (SSSR count). The zero-order valence-electron chi connectivity index (χ0n) is 10.7. The van der Waals surface area contributed by atoms with Crippen LogP contribution in [0.5, 0.6) is 0 Å². The predicted molar refractivity (Wildman–Crippen MR) is 80.0 cm³/mol. The highest BCUT2D eigenvalue weighted by atomic mass is 32.1. The van der Waals surface area contributed by atoms with E-state index in [1.807, 2.05) is 28.1 Å². The molecule has 0 saturated carbocycles. The van der Waals surface area contributed by atoms with Crippen LogP contribution in [0.25, 0.3) is 15.9 Å². The molecule has 3 aromatic heterocycles. The van der Waals surface area contributed by atoms with Crippen molar-refractivity contribution in [2.24, 2.45) is 0 Å². The third kappa shape index (κ3) is 1.75. The van der Waals surface area contributed by atoms with Gasteiger partial charge in [0, 0.05) is 29.5 Å². The Kier molecular flexibility index (Phi) is 2.61. The molecule has 0 amide bonds. The number of benzene rings is 1. The molecule has 0 atom stereocenters. The van der Waals surface area contributed by atoms with Gasteiger partial charge in [0.05, 0.1) is 24.4 Å². The topological polar surface area (TPSA) is 42.5 Å². The third-order valence-electron chi connectivity index (χ3n) is 3.52. The maximum absolute atomic E-state index is 9.49. The molecular formula is C15H13N3OS. The molecule has 1 N–H and O–H groups in total. The number of hydrogen-bond acceptors (Lipinski definition) is 3. The fraction of sp³-hybridized carbons (Fsp3) is 0.133. The minimum atomic E-state index is 0.0552. The lowest BCUT2D eigenvalue weighted by Gasteiger charge is -2.06. The van der Waals surface area contributed by atoms with Crippen molar-refractivity contribution in [1.82, 2.24) is 14.0 Å². The van der Waals surface area contributed by atoms with Crippen LogP contribution in [0.2, 0.25) is 0 Å². The number of aliphatic hydroxyl groups is 1. The van der Waals surface area contributed by atoms with E-state index in [4.69, 9.17) is 0 Å². The van der Waals surface area contributed by atoms with Gasteiger partial charge in [-0.05, 0) is 11.5 Å². The van der Waals surface area contributed by atoms with Crippen LogP contribution in [-0.2, 0) is 13.2 Å². The minimum Gasteiger partial charge on any atom is -0.392 e. The SMILES string of the molecule is OCc1cccc2ccn(Cc3cn4ccsc4n3)c12. The second kappa shape index (κ2) is 4.47. The summed E-state index contributed by atoms with van der Waals surface area (Å²) < 4.78 is 4.19. The van der Waals surface area contributed by atoms with E-state index in [0.29, 0.717) is 0 Å². The van der Waals surface area contributed by atoms with Crippen molar-refractivity contribution in [1.29, 1.82) is 0 Å². The summed E-state index contributed by atoms with van der Waals surface area (Å²) in [5.41, 5.74) is 3.07. The van der Waals surface area contributed by atoms with Crippen molar-refractivity contribution in [3.8, 4) is 0 Å². The lowest BCUT2D eigenvalue weighted by atomic mass is 10.1. The monoisotopic (exact) mass is 283 g/mol. The maximum Gasteiger partial charge on any atom is 0.193 e. The van der Waals surface area contributed by atoms with E-state index in [1.54, 1.807) is 11.3 Å². The molecular weight excluding hydrogens is 270 g/mol. The Morgan fingerprint density at radius 2 is 2.15 bits per heavy atom. The molecule has 0 aliphatic heterocycles. The third-order valence-corrected chi connectivity index (χ3v) is 4.29. The van der Waals surface area contributed by atoms with Gasteiger partial charge in [-0.25, -0.2) is 4.98 Å². The van der Waals surface area contributed by atoms with Crippen molar-refractivity contribution in [2.75, 3.05) is 0 Å². The van der Waals surface area contributed by atoms with Crippen LogP contribution in [0.4, 0.5) is 0 Å². The number of hydrogen-bond donors (Lipinski definition) is 1. The van der Waals surface area contributed by atoms with Crippen LogP contribution in [0.1, 0.15) is 11.3 Å². The minimum absolute atomic E-state index is 0.0552. The first-order chi connectivity index (χ1) is 9.85. The van der Waals surface area contributed by atoms with Crippen LogP contribution < -0.4 is 0 Å². The number of rotatable bonds is 3. The van der Waals surface area contributed by atoms with Gasteiger partial charge in [0.2, 0.25) is 0 Å². The van der Waals surface area contributed by atoms with E-state index in [2.05, 4.69) is 34.1 Å². The van der Waals surface area contributed by atoms with E-state index in [1.165, 1.54) is 0 Å². The zero-order chi connectivity index (χ0) is 13.5. The van der Waals surface area contributed by atoms with Gasteiger partial charge in [-0.15, -0.1) is 11.3 Å². The molecule has 0 fully saturated rings. The van der Waals surface area contributed by atoms with Crippen molar-refractivity contribution < 1.29 is 5.11 Å². The fourth-order valence-corrected chi connectivity index (χ4v) is 3.35. The average molecular weight is 283 g/mol. The second-order valence-electron chi connectivity index (χ2n) is 4.78. The molecule has 4 aromatic rings. The van der Waals surface area contributed by atoms with Crippen molar-refractivity contribution in [2.45, 2.75) is 13.2 Å². The molecule has 0 unspecified atom stereocenters. The average Bonchev–Trinajstić information content (AvgIpc) is 3.13. The molecule has 3 heterocycles. The van der Waals surface area contributed by atoms with Crippen LogP contribution in [0.3, 0.4) is 0 Å². The van der Waals surface area contributed by atoms with Crippen molar-refractivity contribution >= 4 is 27.2 Å². The van der Waals surface area contributed by atoms with Gasteiger partial charge in [0.25, 0.3) is 0 Å². The molecule has 0 bridgehead atoms. The summed E-state index contributed by atoms with van der Waals surface area (Å²) >= 11 is 1.63. The molecule has 0 saturated heterocycles. The van der Waals surface area contributed by atoms with Gasteiger partial charge in [0.15, 0.2) is 4.96 Å². The largest absolute Gasteiger partial charge is 0.392 e. The van der Waals surface area contributed by atoms with Gasteiger partial charge in [0.1, 0.15) is 0 Å². The lowest BCUT2D eigenvalue weighted by molar-refractivity contribution is 0.283. The smallest absolute Gasteiger partial charge is 0.193 e. The van der Waals surface area contributed by atoms with Crippen molar-refractivity contribution in [3.63, 3.8) is 0 Å². The van der Waals surface area contributed by atoms with Crippen LogP contribution in [0, 0.1) is 0 Å². The Morgan fingerprint density at radius 3 is 3.00 bits per heavy atom. The second-order valence-corrected chi connectivity index (χ2v) is 5.65. The summed E-state index contributed by atoms with van der Waals surface area (Å²) in [5.74, 6) is 0. The Bertz CT molecular complexity index is 858. The Morgan fingerprint density at radius 1 is 1.20 bits per heavy atom. The molecule has 0 aliphatic rings. The highest BCUT2D eigenvalue weighted by molar-refractivity contribution is 7.15. The molecule has 0 aliphatic carbocycles. The fourth-order valence-electron chi connectivity index (χ4n) is 2.63. The summed E-state index contributed by atoms with van der Waals surface area (Å²) in [6.07, 6.45) is 6.12. The van der Waals surface area contributed by atoms with Gasteiger partial charge >= 0.3 is 0 Å². The Hall–Kier alpha value is -2.11. The van der Waals surface area contributed by atoms with Gasteiger partial charge in [-0.1, -0.05) is 18.2 Å². The summed E-state index contributed by atoms with van der Waals surface area (Å²) in [7, 11) is 0. The number of para-hydroxylation sites is 1. The highest BCUT2D eigenvalue weighted by Gasteiger charge is 2.08.